The van der Waals surface area contributed by atoms with Crippen molar-refractivity contribution >= 4 is 6.09 Å². The largest absolute Gasteiger partial charge is 0.444 e. The average molecular weight is 381 g/mol. The van der Waals surface area contributed by atoms with Crippen molar-refractivity contribution in [3.8, 4) is 0 Å². The summed E-state index contributed by atoms with van der Waals surface area (Å²) in [5.74, 6) is 0. The number of nitrogens with zero attached hydrogens (tertiary/aromatic N) is 1. The molecule has 1 saturated heterocycles. The molecule has 0 radical (unpaired) electrons. The van der Waals surface area contributed by atoms with E-state index in [9.17, 15) is 20.1 Å². The number of carbonyl (C=O) groups excluding carboxylic acids is 1. The number of hydrogen-bond acceptors (Lipinski definition) is 6. The molecule has 1 heterocycles. The van der Waals surface area contributed by atoms with Crippen LogP contribution in [0.3, 0.4) is 0 Å². The van der Waals surface area contributed by atoms with Crippen molar-refractivity contribution < 1.29 is 29.6 Å². The summed E-state index contributed by atoms with van der Waals surface area (Å²) in [7, 11) is 0. The molecule has 0 aromatic heterocycles. The Morgan fingerprint density at radius 3 is 2.52 bits per heavy atom. The lowest BCUT2D eigenvalue weighted by molar-refractivity contribution is -0.108. The summed E-state index contributed by atoms with van der Waals surface area (Å²) in [6, 6.07) is 8.87. The van der Waals surface area contributed by atoms with E-state index in [0.29, 0.717) is 26.0 Å². The monoisotopic (exact) mass is 381 g/mol. The molecule has 1 fully saturated rings. The number of rotatable bonds is 7. The molecule has 0 bridgehead atoms. The molecule has 27 heavy (non-hydrogen) atoms. The van der Waals surface area contributed by atoms with Crippen molar-refractivity contribution in [1.82, 2.24) is 4.90 Å². The van der Waals surface area contributed by atoms with Gasteiger partial charge < -0.3 is 29.7 Å². The van der Waals surface area contributed by atoms with Crippen molar-refractivity contribution in [2.45, 2.75) is 70.2 Å². The number of hydrogen-bond donors (Lipinski definition) is 3. The molecule has 1 aromatic carbocycles. The van der Waals surface area contributed by atoms with Gasteiger partial charge in [-0.05, 0) is 39.2 Å². The Labute approximate surface area is 160 Å². The first-order valence-corrected chi connectivity index (χ1v) is 9.34. The van der Waals surface area contributed by atoms with Crippen LogP contribution in [0, 0.1) is 0 Å². The fraction of sp³-hybridized carbons (Fsp3) is 0.650. The maximum atomic E-state index is 12.3. The van der Waals surface area contributed by atoms with E-state index in [1.165, 1.54) is 4.90 Å². The summed E-state index contributed by atoms with van der Waals surface area (Å²) in [5.41, 5.74) is 0.310. The second-order valence-corrected chi connectivity index (χ2v) is 7.93. The normalized spacial score (nSPS) is 21.0. The van der Waals surface area contributed by atoms with Gasteiger partial charge in [-0.15, -0.1) is 0 Å². The Balaban J connectivity index is 1.86. The number of aliphatic hydroxyl groups excluding tert-OH is 3. The highest BCUT2D eigenvalue weighted by molar-refractivity contribution is 5.69. The molecule has 0 aliphatic carbocycles. The van der Waals surface area contributed by atoms with Gasteiger partial charge in [0, 0.05) is 6.54 Å². The van der Waals surface area contributed by atoms with Gasteiger partial charge in [-0.25, -0.2) is 4.79 Å². The minimum Gasteiger partial charge on any atom is -0.444 e. The van der Waals surface area contributed by atoms with Crippen LogP contribution in [-0.2, 0) is 16.1 Å². The molecule has 1 amide bonds. The minimum atomic E-state index is -1.42. The van der Waals surface area contributed by atoms with Crippen molar-refractivity contribution in [1.29, 1.82) is 0 Å². The minimum absolute atomic E-state index is 0.119. The SMILES string of the molecule is CC(C)(C)OC(=O)N1CCC[C@H]1[C@H](O)[C@H](O)[C@@H](O)COCc1ccccc1. The van der Waals surface area contributed by atoms with Gasteiger partial charge >= 0.3 is 6.09 Å². The van der Waals surface area contributed by atoms with Crippen LogP contribution in [0.4, 0.5) is 4.79 Å². The number of likely N-dealkylation sites (tertiary alicyclic amines) is 1. The molecular weight excluding hydrogens is 350 g/mol. The molecule has 152 valence electrons. The average Bonchev–Trinajstić information content (AvgIpc) is 3.09. The van der Waals surface area contributed by atoms with Gasteiger partial charge in [-0.2, -0.15) is 0 Å². The van der Waals surface area contributed by atoms with Crippen molar-refractivity contribution in [3.63, 3.8) is 0 Å². The van der Waals surface area contributed by atoms with Gasteiger partial charge in [-0.3, -0.25) is 0 Å². The second-order valence-electron chi connectivity index (χ2n) is 7.93. The van der Waals surface area contributed by atoms with E-state index in [-0.39, 0.29) is 6.61 Å². The van der Waals surface area contributed by atoms with Crippen LogP contribution in [0.2, 0.25) is 0 Å². The van der Waals surface area contributed by atoms with Gasteiger partial charge in [0.25, 0.3) is 0 Å². The Morgan fingerprint density at radius 1 is 1.22 bits per heavy atom. The first-order valence-electron chi connectivity index (χ1n) is 9.34. The molecule has 7 heteroatoms. The quantitative estimate of drug-likeness (QED) is 0.665. The van der Waals surface area contributed by atoms with E-state index < -0.39 is 36.0 Å². The molecule has 4 atom stereocenters. The van der Waals surface area contributed by atoms with E-state index >= 15 is 0 Å². The van der Waals surface area contributed by atoms with Crippen LogP contribution in [0.1, 0.15) is 39.2 Å². The van der Waals surface area contributed by atoms with Gasteiger partial charge in [0.1, 0.15) is 23.9 Å². The van der Waals surface area contributed by atoms with E-state index in [4.69, 9.17) is 9.47 Å². The van der Waals surface area contributed by atoms with Crippen LogP contribution in [0.5, 0.6) is 0 Å². The standard InChI is InChI=1S/C20H31NO6/c1-20(2,3)27-19(25)21-11-7-10-15(21)17(23)18(24)16(22)13-26-12-14-8-5-4-6-9-14/h4-6,8-9,15-18,22-24H,7,10-13H2,1-3H3/t15-,16-,17-,18+/m0/s1. The first-order chi connectivity index (χ1) is 12.7. The van der Waals surface area contributed by atoms with E-state index in [1.807, 2.05) is 30.3 Å². The molecule has 0 unspecified atom stereocenters. The van der Waals surface area contributed by atoms with Crippen molar-refractivity contribution in [2.24, 2.45) is 0 Å². The van der Waals surface area contributed by atoms with Crippen LogP contribution < -0.4 is 0 Å². The highest BCUT2D eigenvalue weighted by Crippen LogP contribution is 2.25. The van der Waals surface area contributed by atoms with E-state index in [1.54, 1.807) is 20.8 Å². The highest BCUT2D eigenvalue weighted by Gasteiger charge is 2.40. The predicted molar refractivity (Wildman–Crippen MR) is 100 cm³/mol. The van der Waals surface area contributed by atoms with Crippen LogP contribution in [-0.4, -0.2) is 69.4 Å². The van der Waals surface area contributed by atoms with Crippen molar-refractivity contribution in [3.05, 3.63) is 35.9 Å². The van der Waals surface area contributed by atoms with Crippen molar-refractivity contribution in [2.75, 3.05) is 13.2 Å². The smallest absolute Gasteiger partial charge is 0.410 e. The molecule has 7 nitrogen and oxygen atoms in total. The molecule has 1 aliphatic rings. The second kappa shape index (κ2) is 9.50. The number of carbonyl (C=O) groups is 1. The lowest BCUT2D eigenvalue weighted by atomic mass is 9.99. The van der Waals surface area contributed by atoms with Gasteiger partial charge in [0.2, 0.25) is 0 Å². The first kappa shape index (κ1) is 21.6. The lowest BCUT2D eigenvalue weighted by Gasteiger charge is -2.34. The Hall–Kier alpha value is -1.67. The Bertz CT molecular complexity index is 588. The molecular formula is C20H31NO6. The zero-order valence-corrected chi connectivity index (χ0v) is 16.2. The zero-order chi connectivity index (χ0) is 20.0. The highest BCUT2D eigenvalue weighted by atomic mass is 16.6. The van der Waals surface area contributed by atoms with E-state index in [2.05, 4.69) is 0 Å². The number of ether oxygens (including phenoxy) is 2. The maximum absolute atomic E-state index is 12.3. The fourth-order valence-electron chi connectivity index (χ4n) is 3.12. The summed E-state index contributed by atoms with van der Waals surface area (Å²) in [6.07, 6.45) is -3.25. The Kier molecular flexibility index (Phi) is 7.61. The Morgan fingerprint density at radius 2 is 1.89 bits per heavy atom. The van der Waals surface area contributed by atoms with Crippen LogP contribution in [0.15, 0.2) is 30.3 Å². The number of aliphatic hydroxyl groups is 3. The summed E-state index contributed by atoms with van der Waals surface area (Å²) in [5, 5.41) is 31.0. The zero-order valence-electron chi connectivity index (χ0n) is 16.2. The molecule has 0 saturated carbocycles. The number of amides is 1. The molecule has 1 aromatic rings. The summed E-state index contributed by atoms with van der Waals surface area (Å²) in [6.45, 7) is 5.95. The number of benzene rings is 1. The maximum Gasteiger partial charge on any atom is 0.410 e. The summed E-state index contributed by atoms with van der Waals surface area (Å²) < 4.78 is 10.8. The third kappa shape index (κ3) is 6.46. The predicted octanol–water partition coefficient (Wildman–Crippen LogP) is 1.69. The third-order valence-corrected chi connectivity index (χ3v) is 4.47. The fourth-order valence-corrected chi connectivity index (χ4v) is 3.12. The van der Waals surface area contributed by atoms with Crippen LogP contribution in [0.25, 0.3) is 0 Å². The van der Waals surface area contributed by atoms with Gasteiger partial charge in [0.05, 0.1) is 19.3 Å². The molecule has 3 N–H and O–H groups in total. The summed E-state index contributed by atoms with van der Waals surface area (Å²) >= 11 is 0. The van der Waals surface area contributed by atoms with E-state index in [0.717, 1.165) is 5.56 Å². The topological polar surface area (TPSA) is 99.5 Å². The lowest BCUT2D eigenvalue weighted by Crippen LogP contribution is -2.52. The van der Waals surface area contributed by atoms with Gasteiger partial charge in [0.15, 0.2) is 0 Å². The third-order valence-electron chi connectivity index (χ3n) is 4.47. The van der Waals surface area contributed by atoms with Gasteiger partial charge in [-0.1, -0.05) is 30.3 Å². The van der Waals surface area contributed by atoms with Crippen LogP contribution >= 0.6 is 0 Å². The molecule has 2 rings (SSSR count). The molecule has 0 spiro atoms. The molecule has 1 aliphatic heterocycles. The summed E-state index contributed by atoms with van der Waals surface area (Å²) in [4.78, 5) is 13.7.